The lowest BCUT2D eigenvalue weighted by molar-refractivity contribution is -0.147. The summed E-state index contributed by atoms with van der Waals surface area (Å²) in [7, 11) is 0. The molecule has 0 radical (unpaired) electrons. The fourth-order valence-electron chi connectivity index (χ4n) is 1.20. The van der Waals surface area contributed by atoms with Crippen molar-refractivity contribution in [2.45, 2.75) is 33.7 Å². The van der Waals surface area contributed by atoms with Gasteiger partial charge in [0.25, 0.3) is 5.56 Å². The third-order valence-corrected chi connectivity index (χ3v) is 2.53. The van der Waals surface area contributed by atoms with Crippen molar-refractivity contribution in [3.63, 3.8) is 0 Å². The monoisotopic (exact) mass is 224 g/mol. The Balaban J connectivity index is 2.79. The number of carbonyl (C=O) groups is 1. The number of aryl methyl sites for hydroxylation is 2. The molecule has 1 N–H and O–H groups in total. The van der Waals surface area contributed by atoms with E-state index in [-0.39, 0.29) is 5.56 Å². The number of carboxylic acid groups (broad SMARTS) is 1. The molecule has 5 nitrogen and oxygen atoms in total. The van der Waals surface area contributed by atoms with Gasteiger partial charge in [0.1, 0.15) is 0 Å². The van der Waals surface area contributed by atoms with E-state index in [0.29, 0.717) is 13.0 Å². The standard InChI is InChI=1S/C11H16N2O3/c1-8-4-5-9(14)13(12-8)7-6-11(2,3)10(15)16/h4-5H,6-7H2,1-3H3,(H,15,16). The first-order valence-electron chi connectivity index (χ1n) is 5.11. The maximum absolute atomic E-state index is 11.4. The largest absolute Gasteiger partial charge is 0.481 e. The third-order valence-electron chi connectivity index (χ3n) is 2.53. The van der Waals surface area contributed by atoms with E-state index in [4.69, 9.17) is 5.11 Å². The molecular weight excluding hydrogens is 208 g/mol. The number of carboxylic acids is 1. The van der Waals surface area contributed by atoms with Gasteiger partial charge in [-0.3, -0.25) is 9.59 Å². The van der Waals surface area contributed by atoms with E-state index in [9.17, 15) is 9.59 Å². The summed E-state index contributed by atoms with van der Waals surface area (Å²) >= 11 is 0. The maximum Gasteiger partial charge on any atom is 0.309 e. The Morgan fingerprint density at radius 2 is 2.12 bits per heavy atom. The summed E-state index contributed by atoms with van der Waals surface area (Å²) in [5.74, 6) is -0.867. The van der Waals surface area contributed by atoms with E-state index in [1.54, 1.807) is 26.8 Å². The molecule has 88 valence electrons. The summed E-state index contributed by atoms with van der Waals surface area (Å²) in [6, 6.07) is 3.08. The summed E-state index contributed by atoms with van der Waals surface area (Å²) in [5.41, 5.74) is -0.301. The van der Waals surface area contributed by atoms with Gasteiger partial charge in [-0.05, 0) is 33.3 Å². The van der Waals surface area contributed by atoms with Gasteiger partial charge in [-0.2, -0.15) is 5.10 Å². The molecule has 0 saturated heterocycles. The number of nitrogens with zero attached hydrogens (tertiary/aromatic N) is 2. The van der Waals surface area contributed by atoms with E-state index in [1.165, 1.54) is 10.7 Å². The molecule has 1 aromatic rings. The lowest BCUT2D eigenvalue weighted by Gasteiger charge is -2.18. The van der Waals surface area contributed by atoms with Crippen LogP contribution in [-0.2, 0) is 11.3 Å². The summed E-state index contributed by atoms with van der Waals surface area (Å²) in [5, 5.41) is 13.0. The van der Waals surface area contributed by atoms with Crippen molar-refractivity contribution >= 4 is 5.97 Å². The van der Waals surface area contributed by atoms with Crippen LogP contribution in [0.4, 0.5) is 0 Å². The molecule has 0 atom stereocenters. The van der Waals surface area contributed by atoms with Crippen molar-refractivity contribution in [2.24, 2.45) is 5.41 Å². The minimum Gasteiger partial charge on any atom is -0.481 e. The van der Waals surface area contributed by atoms with Crippen molar-refractivity contribution in [3.8, 4) is 0 Å². The van der Waals surface area contributed by atoms with Gasteiger partial charge in [0.15, 0.2) is 0 Å². The van der Waals surface area contributed by atoms with Crippen LogP contribution >= 0.6 is 0 Å². The molecule has 0 aromatic carbocycles. The average Bonchev–Trinajstić information content (AvgIpc) is 2.19. The predicted molar refractivity (Wildman–Crippen MR) is 59.3 cm³/mol. The zero-order chi connectivity index (χ0) is 12.3. The number of rotatable bonds is 4. The minimum absolute atomic E-state index is 0.202. The van der Waals surface area contributed by atoms with E-state index in [1.807, 2.05) is 0 Å². The van der Waals surface area contributed by atoms with Gasteiger partial charge in [-0.1, -0.05) is 0 Å². The van der Waals surface area contributed by atoms with Crippen molar-refractivity contribution in [3.05, 3.63) is 28.2 Å². The van der Waals surface area contributed by atoms with Crippen molar-refractivity contribution in [2.75, 3.05) is 0 Å². The van der Waals surface area contributed by atoms with Gasteiger partial charge < -0.3 is 5.11 Å². The molecular formula is C11H16N2O3. The first kappa shape index (κ1) is 12.4. The molecule has 0 amide bonds. The molecule has 0 aliphatic heterocycles. The van der Waals surface area contributed by atoms with Crippen LogP contribution in [0, 0.1) is 12.3 Å². The zero-order valence-corrected chi connectivity index (χ0v) is 9.73. The van der Waals surface area contributed by atoms with Crippen LogP contribution in [0.1, 0.15) is 26.0 Å². The smallest absolute Gasteiger partial charge is 0.309 e. The third kappa shape index (κ3) is 2.92. The first-order chi connectivity index (χ1) is 7.33. The molecule has 0 aliphatic carbocycles. The number of aliphatic carboxylic acids is 1. The summed E-state index contributed by atoms with van der Waals surface area (Å²) in [6.45, 7) is 5.38. The second-order valence-corrected chi connectivity index (χ2v) is 4.48. The van der Waals surface area contributed by atoms with Gasteiger partial charge in [0, 0.05) is 12.6 Å². The second-order valence-electron chi connectivity index (χ2n) is 4.48. The van der Waals surface area contributed by atoms with Gasteiger partial charge in [-0.15, -0.1) is 0 Å². The van der Waals surface area contributed by atoms with Gasteiger partial charge >= 0.3 is 5.97 Å². The van der Waals surface area contributed by atoms with E-state index in [2.05, 4.69) is 5.10 Å². The molecule has 0 saturated carbocycles. The van der Waals surface area contributed by atoms with Gasteiger partial charge in [-0.25, -0.2) is 4.68 Å². The molecule has 0 unspecified atom stereocenters. The van der Waals surface area contributed by atoms with Crippen LogP contribution in [0.25, 0.3) is 0 Å². The Bertz CT molecular complexity index is 449. The van der Waals surface area contributed by atoms with Crippen LogP contribution in [0.3, 0.4) is 0 Å². The molecule has 5 heteroatoms. The van der Waals surface area contributed by atoms with Crippen LogP contribution < -0.4 is 5.56 Å². The highest BCUT2D eigenvalue weighted by Crippen LogP contribution is 2.20. The zero-order valence-electron chi connectivity index (χ0n) is 9.73. The average molecular weight is 224 g/mol. The highest BCUT2D eigenvalue weighted by Gasteiger charge is 2.26. The lowest BCUT2D eigenvalue weighted by Crippen LogP contribution is -2.29. The quantitative estimate of drug-likeness (QED) is 0.829. The molecule has 0 bridgehead atoms. The summed E-state index contributed by atoms with van der Waals surface area (Å²) in [4.78, 5) is 22.3. The minimum atomic E-state index is -0.867. The highest BCUT2D eigenvalue weighted by molar-refractivity contribution is 5.73. The lowest BCUT2D eigenvalue weighted by atomic mass is 9.90. The van der Waals surface area contributed by atoms with Crippen molar-refractivity contribution in [1.82, 2.24) is 9.78 Å². The normalized spacial score (nSPS) is 11.4. The molecule has 1 heterocycles. The Morgan fingerprint density at radius 1 is 1.50 bits per heavy atom. The topological polar surface area (TPSA) is 72.2 Å². The highest BCUT2D eigenvalue weighted by atomic mass is 16.4. The van der Waals surface area contributed by atoms with Crippen molar-refractivity contribution < 1.29 is 9.90 Å². The fraction of sp³-hybridized carbons (Fsp3) is 0.545. The summed E-state index contributed by atoms with van der Waals surface area (Å²) < 4.78 is 1.31. The number of hydrogen-bond acceptors (Lipinski definition) is 3. The van der Waals surface area contributed by atoms with Crippen LogP contribution in [0.2, 0.25) is 0 Å². The fourth-order valence-corrected chi connectivity index (χ4v) is 1.20. The van der Waals surface area contributed by atoms with E-state index in [0.717, 1.165) is 5.69 Å². The molecule has 1 rings (SSSR count). The van der Waals surface area contributed by atoms with Gasteiger partial charge in [0.2, 0.25) is 0 Å². The SMILES string of the molecule is Cc1ccc(=O)n(CCC(C)(C)C(=O)O)n1. The van der Waals surface area contributed by atoms with Crippen molar-refractivity contribution in [1.29, 1.82) is 0 Å². The Kier molecular flexibility index (Phi) is 3.47. The number of aromatic nitrogens is 2. The van der Waals surface area contributed by atoms with E-state index < -0.39 is 11.4 Å². The van der Waals surface area contributed by atoms with Gasteiger partial charge in [0.05, 0.1) is 11.1 Å². The molecule has 16 heavy (non-hydrogen) atoms. The maximum atomic E-state index is 11.4. The molecule has 0 spiro atoms. The molecule has 0 fully saturated rings. The Labute approximate surface area is 93.7 Å². The van der Waals surface area contributed by atoms with E-state index >= 15 is 0 Å². The van der Waals surface area contributed by atoms with Crippen LogP contribution in [-0.4, -0.2) is 20.9 Å². The Morgan fingerprint density at radius 3 is 2.69 bits per heavy atom. The summed E-state index contributed by atoms with van der Waals surface area (Å²) in [6.07, 6.45) is 0.374. The molecule has 0 aliphatic rings. The second kappa shape index (κ2) is 4.47. The Hall–Kier alpha value is -1.65. The molecule has 1 aromatic heterocycles. The van der Waals surface area contributed by atoms with Crippen LogP contribution in [0.15, 0.2) is 16.9 Å². The van der Waals surface area contributed by atoms with Crippen LogP contribution in [0.5, 0.6) is 0 Å². The number of hydrogen-bond donors (Lipinski definition) is 1. The predicted octanol–water partition coefficient (Wildman–Crippen LogP) is 1.05. The first-order valence-corrected chi connectivity index (χ1v) is 5.11.